The van der Waals surface area contributed by atoms with Gasteiger partial charge in [-0.1, -0.05) is 36.4 Å². The molecule has 1 amide bonds. The summed E-state index contributed by atoms with van der Waals surface area (Å²) in [6, 6.07) is 15.9. The van der Waals surface area contributed by atoms with Crippen LogP contribution in [0.3, 0.4) is 0 Å². The minimum absolute atomic E-state index is 0.0365. The van der Waals surface area contributed by atoms with Crippen LogP contribution in [0, 0.1) is 0 Å². The first-order valence-corrected chi connectivity index (χ1v) is 12.4. The molecule has 5 rings (SSSR count). The van der Waals surface area contributed by atoms with Gasteiger partial charge in [-0.25, -0.2) is 18.3 Å². The van der Waals surface area contributed by atoms with Crippen LogP contribution in [0.4, 0.5) is 14.5 Å². The number of aromatic nitrogens is 5. The zero-order valence-corrected chi connectivity index (χ0v) is 21.3. The molecule has 0 unspecified atom stereocenters. The van der Waals surface area contributed by atoms with Crippen LogP contribution in [0.5, 0.6) is 11.5 Å². The summed E-state index contributed by atoms with van der Waals surface area (Å²) in [7, 11) is 0. The van der Waals surface area contributed by atoms with Gasteiger partial charge in [-0.3, -0.25) is 9.48 Å². The second-order valence-electron chi connectivity index (χ2n) is 8.55. The zero-order chi connectivity index (χ0) is 27.4. The van der Waals surface area contributed by atoms with E-state index in [1.165, 1.54) is 18.5 Å². The van der Waals surface area contributed by atoms with Gasteiger partial charge in [0.05, 0.1) is 43.5 Å². The number of hydrogen-bond acceptors (Lipinski definition) is 6. The first-order valence-electron chi connectivity index (χ1n) is 12.4. The average molecular weight is 533 g/mol. The molecule has 39 heavy (non-hydrogen) atoms. The number of anilines is 1. The molecule has 5 aromatic rings. The number of rotatable bonds is 10. The van der Waals surface area contributed by atoms with Gasteiger partial charge in [-0.15, -0.1) is 0 Å². The standard InChI is InChI=1S/C28H26F2N6O3/c1-3-38-24-11-10-18(12-25(24)39-4-2)16-35-17-20(14-31-35)33-28(37)21-15-32-36-23(26(29)30)13-22(34-27(21)36)19-8-6-5-7-9-19/h5-15,17,26H,3-4,16H2,1-2H3,(H,33,37). The van der Waals surface area contributed by atoms with E-state index in [0.717, 1.165) is 10.1 Å². The molecule has 0 saturated carbocycles. The van der Waals surface area contributed by atoms with Crippen LogP contribution in [0.25, 0.3) is 16.9 Å². The molecule has 0 aliphatic carbocycles. The molecule has 3 heterocycles. The summed E-state index contributed by atoms with van der Waals surface area (Å²) in [5, 5.41) is 11.1. The van der Waals surface area contributed by atoms with E-state index in [1.807, 2.05) is 38.1 Å². The van der Waals surface area contributed by atoms with Crippen LogP contribution in [0.15, 0.2) is 73.2 Å². The third kappa shape index (κ3) is 5.57. The van der Waals surface area contributed by atoms with Crippen molar-refractivity contribution in [3.05, 3.63) is 90.0 Å². The Bertz CT molecular complexity index is 1600. The van der Waals surface area contributed by atoms with Crippen molar-refractivity contribution in [2.75, 3.05) is 18.5 Å². The Morgan fingerprint density at radius 2 is 1.74 bits per heavy atom. The molecule has 0 spiro atoms. The Kier molecular flexibility index (Phi) is 7.48. The summed E-state index contributed by atoms with van der Waals surface area (Å²) in [4.78, 5) is 17.6. The number of fused-ring (bicyclic) bond motifs is 1. The van der Waals surface area contributed by atoms with Crippen LogP contribution >= 0.6 is 0 Å². The van der Waals surface area contributed by atoms with E-state index >= 15 is 0 Å². The quantitative estimate of drug-likeness (QED) is 0.251. The number of ether oxygens (including phenoxy) is 2. The largest absolute Gasteiger partial charge is 0.490 e. The van der Waals surface area contributed by atoms with E-state index in [-0.39, 0.29) is 16.9 Å². The SMILES string of the molecule is CCOc1ccc(Cn2cc(NC(=O)c3cnn4c(C(F)F)cc(-c5ccccc5)nc34)cn2)cc1OCC. The van der Waals surface area contributed by atoms with Crippen LogP contribution in [0.2, 0.25) is 0 Å². The Hall–Kier alpha value is -4.80. The van der Waals surface area contributed by atoms with Crippen molar-refractivity contribution < 1.29 is 23.0 Å². The fourth-order valence-electron chi connectivity index (χ4n) is 4.15. The van der Waals surface area contributed by atoms with Crippen molar-refractivity contribution in [1.82, 2.24) is 24.4 Å². The molecule has 1 N–H and O–H groups in total. The second kappa shape index (κ2) is 11.3. The van der Waals surface area contributed by atoms with E-state index in [0.29, 0.717) is 48.2 Å². The van der Waals surface area contributed by atoms with Crippen LogP contribution in [-0.2, 0) is 6.54 Å². The third-order valence-electron chi connectivity index (χ3n) is 5.88. The molecule has 200 valence electrons. The van der Waals surface area contributed by atoms with Gasteiger partial charge in [-0.05, 0) is 37.6 Å². The number of carbonyl (C=O) groups is 1. The van der Waals surface area contributed by atoms with Crippen LogP contribution < -0.4 is 14.8 Å². The Balaban J connectivity index is 1.37. The minimum Gasteiger partial charge on any atom is -0.490 e. The van der Waals surface area contributed by atoms with Crippen LogP contribution in [0.1, 0.15) is 41.9 Å². The highest BCUT2D eigenvalue weighted by Crippen LogP contribution is 2.29. The fourth-order valence-corrected chi connectivity index (χ4v) is 4.15. The molecular weight excluding hydrogens is 506 g/mol. The van der Waals surface area contributed by atoms with Crippen molar-refractivity contribution in [1.29, 1.82) is 0 Å². The monoisotopic (exact) mass is 532 g/mol. The molecule has 9 nitrogen and oxygen atoms in total. The molecule has 3 aromatic heterocycles. The average Bonchev–Trinajstić information content (AvgIpc) is 3.57. The lowest BCUT2D eigenvalue weighted by Gasteiger charge is -2.12. The van der Waals surface area contributed by atoms with E-state index in [1.54, 1.807) is 35.1 Å². The summed E-state index contributed by atoms with van der Waals surface area (Å²) in [5.41, 5.74) is 2.09. The maximum atomic E-state index is 13.8. The van der Waals surface area contributed by atoms with Crippen molar-refractivity contribution in [2.45, 2.75) is 26.8 Å². The molecular formula is C28H26F2N6O3. The Labute approximate surface area is 223 Å². The lowest BCUT2D eigenvalue weighted by molar-refractivity contribution is 0.102. The highest BCUT2D eigenvalue weighted by atomic mass is 19.3. The van der Waals surface area contributed by atoms with Gasteiger partial charge < -0.3 is 14.8 Å². The number of halogens is 2. The number of amides is 1. The van der Waals surface area contributed by atoms with Gasteiger partial charge in [0.25, 0.3) is 12.3 Å². The molecule has 0 aliphatic heterocycles. The predicted octanol–water partition coefficient (Wildman–Crippen LogP) is 5.63. The predicted molar refractivity (Wildman–Crippen MR) is 141 cm³/mol. The molecule has 11 heteroatoms. The van der Waals surface area contributed by atoms with Crippen LogP contribution in [-0.4, -0.2) is 43.5 Å². The number of carbonyl (C=O) groups excluding carboxylic acids is 1. The van der Waals surface area contributed by atoms with Crippen molar-refractivity contribution in [2.24, 2.45) is 0 Å². The molecule has 0 saturated heterocycles. The summed E-state index contributed by atoms with van der Waals surface area (Å²) in [5.74, 6) is 0.780. The summed E-state index contributed by atoms with van der Waals surface area (Å²) < 4.78 is 41.7. The van der Waals surface area contributed by atoms with E-state index in [9.17, 15) is 13.6 Å². The maximum Gasteiger partial charge on any atom is 0.280 e. The maximum absolute atomic E-state index is 13.8. The lowest BCUT2D eigenvalue weighted by Crippen LogP contribution is -2.12. The van der Waals surface area contributed by atoms with Gasteiger partial charge >= 0.3 is 0 Å². The molecule has 2 aromatic carbocycles. The topological polar surface area (TPSA) is 95.6 Å². The smallest absolute Gasteiger partial charge is 0.280 e. The van der Waals surface area contributed by atoms with Crippen molar-refractivity contribution in [3.63, 3.8) is 0 Å². The van der Waals surface area contributed by atoms with E-state index < -0.39 is 12.3 Å². The third-order valence-corrected chi connectivity index (χ3v) is 5.88. The highest BCUT2D eigenvalue weighted by Gasteiger charge is 2.22. The Morgan fingerprint density at radius 1 is 0.974 bits per heavy atom. The van der Waals surface area contributed by atoms with E-state index in [2.05, 4.69) is 20.5 Å². The Morgan fingerprint density at radius 3 is 2.49 bits per heavy atom. The number of benzene rings is 2. The first-order chi connectivity index (χ1) is 19.0. The summed E-state index contributed by atoms with van der Waals surface area (Å²) >= 11 is 0. The summed E-state index contributed by atoms with van der Waals surface area (Å²) in [6.07, 6.45) is 1.61. The second-order valence-corrected chi connectivity index (χ2v) is 8.55. The van der Waals surface area contributed by atoms with Crippen molar-refractivity contribution in [3.8, 4) is 22.8 Å². The van der Waals surface area contributed by atoms with Gasteiger partial charge in [-0.2, -0.15) is 10.2 Å². The number of nitrogens with one attached hydrogen (secondary N) is 1. The molecule has 0 radical (unpaired) electrons. The van der Waals surface area contributed by atoms with Gasteiger partial charge in [0.2, 0.25) is 0 Å². The molecule has 0 fully saturated rings. The normalized spacial score (nSPS) is 11.2. The molecule has 0 atom stereocenters. The number of hydrogen-bond donors (Lipinski definition) is 1. The minimum atomic E-state index is -2.81. The fraction of sp³-hybridized carbons (Fsp3) is 0.214. The summed E-state index contributed by atoms with van der Waals surface area (Å²) in [6.45, 7) is 5.28. The van der Waals surface area contributed by atoms with E-state index in [4.69, 9.17) is 9.47 Å². The van der Waals surface area contributed by atoms with Gasteiger partial charge in [0.1, 0.15) is 11.3 Å². The van der Waals surface area contributed by atoms with Crippen molar-refractivity contribution >= 4 is 17.2 Å². The zero-order valence-electron chi connectivity index (χ0n) is 21.3. The molecule has 0 bridgehead atoms. The highest BCUT2D eigenvalue weighted by molar-refractivity contribution is 6.08. The number of alkyl halides is 2. The van der Waals surface area contributed by atoms with Gasteiger partial charge in [0, 0.05) is 11.8 Å². The number of nitrogens with zero attached hydrogens (tertiary/aromatic N) is 5. The lowest BCUT2D eigenvalue weighted by atomic mass is 10.1. The molecule has 0 aliphatic rings. The van der Waals surface area contributed by atoms with Gasteiger partial charge in [0.15, 0.2) is 17.1 Å². The first kappa shape index (κ1) is 25.8.